The van der Waals surface area contributed by atoms with E-state index in [4.69, 9.17) is 4.74 Å². The Morgan fingerprint density at radius 2 is 2.00 bits per heavy atom. The first-order valence-electron chi connectivity index (χ1n) is 6.58. The maximum absolute atomic E-state index is 12.2. The van der Waals surface area contributed by atoms with Crippen molar-refractivity contribution in [3.63, 3.8) is 0 Å². The molecule has 0 saturated carbocycles. The Morgan fingerprint density at radius 3 is 2.65 bits per heavy atom. The van der Waals surface area contributed by atoms with E-state index in [1.54, 1.807) is 17.5 Å². The van der Waals surface area contributed by atoms with Crippen LogP contribution in [0.25, 0.3) is 0 Å². The van der Waals surface area contributed by atoms with E-state index in [9.17, 15) is 16.8 Å². The van der Waals surface area contributed by atoms with Crippen LogP contribution in [0.5, 0.6) is 5.75 Å². The molecule has 0 saturated heterocycles. The third-order valence-electron chi connectivity index (χ3n) is 3.19. The lowest BCUT2D eigenvalue weighted by Gasteiger charge is -2.29. The summed E-state index contributed by atoms with van der Waals surface area (Å²) in [5.41, 5.74) is 0.599. The second-order valence-electron chi connectivity index (χ2n) is 4.90. The van der Waals surface area contributed by atoms with Gasteiger partial charge in [-0.2, -0.15) is 0 Å². The molecule has 0 atom stereocenters. The monoisotopic (exact) mass is 374 g/mol. The first kappa shape index (κ1) is 16.1. The van der Waals surface area contributed by atoms with E-state index in [-0.39, 0.29) is 23.0 Å². The van der Waals surface area contributed by atoms with Crippen LogP contribution in [0, 0.1) is 0 Å². The van der Waals surface area contributed by atoms with Crippen molar-refractivity contribution in [2.24, 2.45) is 0 Å². The molecule has 10 heteroatoms. The van der Waals surface area contributed by atoms with Gasteiger partial charge in [0.2, 0.25) is 10.0 Å². The van der Waals surface area contributed by atoms with Crippen molar-refractivity contribution >= 4 is 42.8 Å². The number of ether oxygens (including phenoxy) is 1. The summed E-state index contributed by atoms with van der Waals surface area (Å²) in [6.45, 7) is 0.438. The predicted octanol–water partition coefficient (Wildman–Crippen LogP) is 1.71. The number of hydrogen-bond donors (Lipinski definition) is 1. The molecular weight excluding hydrogens is 360 g/mol. The Kier molecular flexibility index (Phi) is 3.98. The van der Waals surface area contributed by atoms with E-state index in [0.717, 1.165) is 17.6 Å². The molecule has 0 amide bonds. The number of rotatable bonds is 4. The van der Waals surface area contributed by atoms with Gasteiger partial charge >= 0.3 is 0 Å². The van der Waals surface area contributed by atoms with E-state index >= 15 is 0 Å². The van der Waals surface area contributed by atoms with E-state index in [1.165, 1.54) is 22.5 Å². The summed E-state index contributed by atoms with van der Waals surface area (Å²) in [7, 11) is -7.15. The van der Waals surface area contributed by atoms with Gasteiger partial charge < -0.3 is 4.74 Å². The van der Waals surface area contributed by atoms with E-state index in [1.807, 2.05) is 0 Å². The number of hydrogen-bond acceptors (Lipinski definition) is 6. The lowest BCUT2D eigenvalue weighted by atomic mass is 10.2. The Hall–Kier alpha value is -1.78. The zero-order chi connectivity index (χ0) is 16.7. The lowest BCUT2D eigenvalue weighted by Crippen LogP contribution is -2.37. The van der Waals surface area contributed by atoms with Gasteiger partial charge in [0.15, 0.2) is 0 Å². The highest BCUT2D eigenvalue weighted by molar-refractivity contribution is 7.94. The average molecular weight is 374 g/mol. The number of thiophene rings is 1. The molecule has 0 fully saturated rings. The standard InChI is InChI=1S/C13H14N2O5S3/c1-22(16,17)15-6-7-20-12-5-4-10(9-11(12)15)14-23(18,19)13-3-2-8-21-13/h2-5,8-9,14H,6-7H2,1H3. The van der Waals surface area contributed by atoms with Gasteiger partial charge in [0.25, 0.3) is 10.0 Å². The third kappa shape index (κ3) is 3.28. The number of sulfonamides is 2. The summed E-state index contributed by atoms with van der Waals surface area (Å²) >= 11 is 1.10. The lowest BCUT2D eigenvalue weighted by molar-refractivity contribution is 0.316. The highest BCUT2D eigenvalue weighted by Crippen LogP contribution is 2.36. The summed E-state index contributed by atoms with van der Waals surface area (Å²) in [5, 5.41) is 1.67. The molecule has 3 rings (SSSR count). The number of nitrogens with zero attached hydrogens (tertiary/aromatic N) is 1. The van der Waals surface area contributed by atoms with Crippen LogP contribution in [0.3, 0.4) is 0 Å². The summed E-state index contributed by atoms with van der Waals surface area (Å²) in [5.74, 6) is 0.403. The molecule has 1 aliphatic rings. The SMILES string of the molecule is CS(=O)(=O)N1CCOc2ccc(NS(=O)(=O)c3cccs3)cc21. The quantitative estimate of drug-likeness (QED) is 0.879. The van der Waals surface area contributed by atoms with Crippen molar-refractivity contribution in [1.29, 1.82) is 0 Å². The summed E-state index contributed by atoms with van der Waals surface area (Å²) in [6.07, 6.45) is 1.10. The van der Waals surface area contributed by atoms with Gasteiger partial charge in [-0.1, -0.05) is 6.07 Å². The highest BCUT2D eigenvalue weighted by atomic mass is 32.2. The van der Waals surface area contributed by atoms with Gasteiger partial charge in [-0.05, 0) is 29.6 Å². The van der Waals surface area contributed by atoms with Crippen molar-refractivity contribution in [3.8, 4) is 5.75 Å². The Bertz CT molecular complexity index is 921. The molecule has 2 aromatic rings. The van der Waals surface area contributed by atoms with Crippen LogP contribution < -0.4 is 13.8 Å². The minimum absolute atomic E-state index is 0.187. The fourth-order valence-corrected chi connectivity index (χ4v) is 5.17. The Balaban J connectivity index is 1.98. The minimum Gasteiger partial charge on any atom is -0.489 e. The summed E-state index contributed by atoms with van der Waals surface area (Å²) in [6, 6.07) is 7.69. The second-order valence-corrected chi connectivity index (χ2v) is 9.67. The fourth-order valence-electron chi connectivity index (χ4n) is 2.22. The average Bonchev–Trinajstić information content (AvgIpc) is 3.00. The van der Waals surface area contributed by atoms with Crippen LogP contribution in [-0.4, -0.2) is 36.2 Å². The molecule has 7 nitrogen and oxygen atoms in total. The molecule has 0 radical (unpaired) electrons. The Labute approximate surface area is 138 Å². The van der Waals surface area contributed by atoms with E-state index in [0.29, 0.717) is 11.4 Å². The van der Waals surface area contributed by atoms with Crippen LogP contribution in [0.1, 0.15) is 0 Å². The molecule has 2 heterocycles. The summed E-state index contributed by atoms with van der Waals surface area (Å²) < 4.78 is 57.5. The molecule has 1 aromatic carbocycles. The van der Waals surface area contributed by atoms with Crippen LogP contribution in [0.15, 0.2) is 39.9 Å². The van der Waals surface area contributed by atoms with Crippen molar-refractivity contribution in [2.45, 2.75) is 4.21 Å². The van der Waals surface area contributed by atoms with Crippen LogP contribution in [0.4, 0.5) is 11.4 Å². The molecule has 1 N–H and O–H groups in total. The molecule has 0 aliphatic carbocycles. The predicted molar refractivity (Wildman–Crippen MR) is 89.3 cm³/mol. The van der Waals surface area contributed by atoms with Gasteiger partial charge in [0, 0.05) is 0 Å². The van der Waals surface area contributed by atoms with Crippen molar-refractivity contribution in [3.05, 3.63) is 35.7 Å². The molecular formula is C13H14N2O5S3. The molecule has 0 bridgehead atoms. The van der Waals surface area contributed by atoms with Gasteiger partial charge in [-0.15, -0.1) is 11.3 Å². The van der Waals surface area contributed by atoms with E-state index in [2.05, 4.69) is 4.72 Å². The van der Waals surface area contributed by atoms with Gasteiger partial charge in [0.1, 0.15) is 16.6 Å². The molecule has 0 unspecified atom stereocenters. The van der Waals surface area contributed by atoms with Gasteiger partial charge in [-0.25, -0.2) is 16.8 Å². The number of fused-ring (bicyclic) bond motifs is 1. The fraction of sp³-hybridized carbons (Fsp3) is 0.231. The van der Waals surface area contributed by atoms with Crippen molar-refractivity contribution < 1.29 is 21.6 Å². The van der Waals surface area contributed by atoms with Gasteiger partial charge in [-0.3, -0.25) is 9.03 Å². The normalized spacial score (nSPS) is 14.9. The molecule has 1 aliphatic heterocycles. The Morgan fingerprint density at radius 1 is 1.22 bits per heavy atom. The maximum atomic E-state index is 12.2. The maximum Gasteiger partial charge on any atom is 0.271 e. The zero-order valence-electron chi connectivity index (χ0n) is 12.1. The molecule has 1 aromatic heterocycles. The molecule has 124 valence electrons. The van der Waals surface area contributed by atoms with E-state index < -0.39 is 20.0 Å². The summed E-state index contributed by atoms with van der Waals surface area (Å²) in [4.78, 5) is 0. The minimum atomic E-state index is -3.69. The van der Waals surface area contributed by atoms with Gasteiger partial charge in [0.05, 0.1) is 24.2 Å². The molecule has 0 spiro atoms. The first-order valence-corrected chi connectivity index (χ1v) is 10.8. The third-order valence-corrected chi connectivity index (χ3v) is 7.15. The van der Waals surface area contributed by atoms with Crippen LogP contribution >= 0.6 is 11.3 Å². The van der Waals surface area contributed by atoms with Crippen LogP contribution in [-0.2, 0) is 20.0 Å². The topological polar surface area (TPSA) is 92.8 Å². The second kappa shape index (κ2) is 5.69. The largest absolute Gasteiger partial charge is 0.489 e. The first-order chi connectivity index (χ1) is 10.8. The van der Waals surface area contributed by atoms with Crippen LogP contribution in [0.2, 0.25) is 0 Å². The van der Waals surface area contributed by atoms with Crippen molar-refractivity contribution in [2.75, 3.05) is 28.4 Å². The number of anilines is 2. The number of benzene rings is 1. The number of nitrogens with one attached hydrogen (secondary N) is 1. The highest BCUT2D eigenvalue weighted by Gasteiger charge is 2.26. The molecule has 23 heavy (non-hydrogen) atoms. The smallest absolute Gasteiger partial charge is 0.271 e. The van der Waals surface area contributed by atoms with Crippen molar-refractivity contribution in [1.82, 2.24) is 0 Å². The zero-order valence-corrected chi connectivity index (χ0v) is 14.5.